The Labute approximate surface area is 107 Å². The van der Waals surface area contributed by atoms with E-state index in [1.54, 1.807) is 0 Å². The fourth-order valence-corrected chi connectivity index (χ4v) is 2.63. The lowest BCUT2D eigenvalue weighted by Crippen LogP contribution is -2.26. The largest absolute Gasteiger partial charge is 0.168 e. The first-order chi connectivity index (χ1) is 7.23. The van der Waals surface area contributed by atoms with Crippen molar-refractivity contribution in [3.05, 3.63) is 36.5 Å². The van der Waals surface area contributed by atoms with E-state index in [1.807, 2.05) is 12.2 Å². The van der Waals surface area contributed by atoms with Crippen molar-refractivity contribution in [2.75, 3.05) is 0 Å². The average molecular weight is 238 g/mol. The molecule has 0 amide bonds. The van der Waals surface area contributed by atoms with Crippen LogP contribution in [-0.4, -0.2) is 4.75 Å². The van der Waals surface area contributed by atoms with Crippen LogP contribution in [0.5, 0.6) is 0 Å². The first kappa shape index (κ1) is 15.6. The van der Waals surface area contributed by atoms with Gasteiger partial charge in [0.05, 0.1) is 0 Å². The summed E-state index contributed by atoms with van der Waals surface area (Å²) in [5.74, 6) is 0. The summed E-state index contributed by atoms with van der Waals surface area (Å²) in [5.41, 5.74) is 1.57. The van der Waals surface area contributed by atoms with Crippen LogP contribution in [0.2, 0.25) is 0 Å². The van der Waals surface area contributed by atoms with Crippen LogP contribution in [0.4, 0.5) is 0 Å². The third-order valence-electron chi connectivity index (χ3n) is 2.33. The molecule has 0 aromatic carbocycles. The number of hydrogen-bond donors (Lipinski definition) is 1. The highest BCUT2D eigenvalue weighted by Crippen LogP contribution is 2.37. The number of rotatable bonds is 5. The van der Waals surface area contributed by atoms with Crippen LogP contribution < -0.4 is 0 Å². The molecule has 0 fully saturated rings. The van der Waals surface area contributed by atoms with Gasteiger partial charge in [-0.3, -0.25) is 0 Å². The quantitative estimate of drug-likeness (QED) is 0.494. The second kappa shape index (κ2) is 6.34. The van der Waals surface area contributed by atoms with Gasteiger partial charge in [-0.05, 0) is 30.8 Å². The first-order valence-electron chi connectivity index (χ1n) is 5.95. The van der Waals surface area contributed by atoms with Crippen LogP contribution >= 0.6 is 12.6 Å². The van der Waals surface area contributed by atoms with Gasteiger partial charge in [0.15, 0.2) is 0 Å². The molecule has 0 aromatic rings. The predicted octanol–water partition coefficient (Wildman–Crippen LogP) is 5.19. The second-order valence-electron chi connectivity index (χ2n) is 5.67. The van der Waals surface area contributed by atoms with Gasteiger partial charge in [-0.25, -0.2) is 0 Å². The van der Waals surface area contributed by atoms with E-state index in [0.29, 0.717) is 0 Å². The molecule has 0 bridgehead atoms. The Balaban J connectivity index is 4.97. The van der Waals surface area contributed by atoms with Gasteiger partial charge in [-0.15, -0.1) is 0 Å². The number of allylic oxidation sites excluding steroid dienone is 4. The van der Waals surface area contributed by atoms with E-state index >= 15 is 0 Å². The Kier molecular flexibility index (Phi) is 6.17. The van der Waals surface area contributed by atoms with Gasteiger partial charge in [0, 0.05) is 4.75 Å². The van der Waals surface area contributed by atoms with Gasteiger partial charge in [-0.2, -0.15) is 12.6 Å². The van der Waals surface area contributed by atoms with E-state index < -0.39 is 0 Å². The fourth-order valence-electron chi connectivity index (χ4n) is 1.99. The molecule has 0 aromatic heterocycles. The lowest BCUT2D eigenvalue weighted by atomic mass is 9.81. The standard InChI is InChI=1S/C15H26S/c1-7-9-11-13(10-8-2)15(6,16)12-14(3,4)5/h7,9-11,16H,1,8,12H2,2-6H3/b11-9-,13-10+. The minimum Gasteiger partial charge on any atom is -0.168 e. The van der Waals surface area contributed by atoms with Gasteiger partial charge < -0.3 is 0 Å². The molecule has 0 nitrogen and oxygen atoms in total. The molecule has 1 heteroatoms. The molecular weight excluding hydrogens is 212 g/mol. The molecule has 0 heterocycles. The summed E-state index contributed by atoms with van der Waals surface area (Å²) in [7, 11) is 0. The van der Waals surface area contributed by atoms with E-state index in [9.17, 15) is 0 Å². The van der Waals surface area contributed by atoms with Crippen molar-refractivity contribution >= 4 is 12.6 Å². The fraction of sp³-hybridized carbons (Fsp3) is 0.600. The molecule has 0 saturated carbocycles. The molecule has 92 valence electrons. The maximum atomic E-state index is 4.83. The molecule has 0 N–H and O–H groups in total. The Bertz CT molecular complexity index is 274. The lowest BCUT2D eigenvalue weighted by Gasteiger charge is -2.33. The van der Waals surface area contributed by atoms with Crippen molar-refractivity contribution in [2.45, 2.75) is 52.2 Å². The third-order valence-corrected chi connectivity index (χ3v) is 2.75. The topological polar surface area (TPSA) is 0 Å². The van der Waals surface area contributed by atoms with E-state index in [-0.39, 0.29) is 10.2 Å². The maximum Gasteiger partial charge on any atom is 0.0352 e. The van der Waals surface area contributed by atoms with Gasteiger partial charge in [0.2, 0.25) is 0 Å². The molecule has 16 heavy (non-hydrogen) atoms. The molecule has 0 rings (SSSR count). The highest BCUT2D eigenvalue weighted by Gasteiger charge is 2.28. The van der Waals surface area contributed by atoms with Gasteiger partial charge in [0.1, 0.15) is 0 Å². The minimum atomic E-state index is -0.0756. The van der Waals surface area contributed by atoms with Crippen molar-refractivity contribution < 1.29 is 0 Å². The highest BCUT2D eigenvalue weighted by molar-refractivity contribution is 7.82. The van der Waals surface area contributed by atoms with E-state index in [1.165, 1.54) is 5.57 Å². The number of hydrogen-bond acceptors (Lipinski definition) is 1. The van der Waals surface area contributed by atoms with Crippen molar-refractivity contribution in [1.29, 1.82) is 0 Å². The lowest BCUT2D eigenvalue weighted by molar-refractivity contribution is 0.349. The average Bonchev–Trinajstić information content (AvgIpc) is 2.07. The van der Waals surface area contributed by atoms with Crippen molar-refractivity contribution in [3.8, 4) is 0 Å². The van der Waals surface area contributed by atoms with Crippen molar-refractivity contribution in [1.82, 2.24) is 0 Å². The summed E-state index contributed by atoms with van der Waals surface area (Å²) in [5, 5.41) is 0. The zero-order chi connectivity index (χ0) is 12.8. The Morgan fingerprint density at radius 3 is 2.19 bits per heavy atom. The Morgan fingerprint density at radius 1 is 1.25 bits per heavy atom. The smallest absolute Gasteiger partial charge is 0.0352 e. The second-order valence-corrected chi connectivity index (χ2v) is 6.66. The van der Waals surface area contributed by atoms with Crippen LogP contribution in [0.1, 0.15) is 47.5 Å². The monoisotopic (exact) mass is 238 g/mol. The normalized spacial score (nSPS) is 17.5. The molecule has 0 aliphatic carbocycles. The molecular formula is C15H26S. The Morgan fingerprint density at radius 2 is 1.81 bits per heavy atom. The summed E-state index contributed by atoms with van der Waals surface area (Å²) in [6, 6.07) is 0. The zero-order valence-electron chi connectivity index (χ0n) is 11.4. The van der Waals surface area contributed by atoms with E-state index in [4.69, 9.17) is 12.6 Å². The SMILES string of the molecule is C=C/C=C\C(=C/CC)C(C)(S)CC(C)(C)C. The van der Waals surface area contributed by atoms with E-state index in [0.717, 1.165) is 12.8 Å². The van der Waals surface area contributed by atoms with Crippen LogP contribution in [0, 0.1) is 5.41 Å². The summed E-state index contributed by atoms with van der Waals surface area (Å²) in [6.45, 7) is 14.8. The zero-order valence-corrected chi connectivity index (χ0v) is 12.3. The number of thiol groups is 1. The van der Waals surface area contributed by atoms with Gasteiger partial charge in [0.25, 0.3) is 0 Å². The van der Waals surface area contributed by atoms with Crippen LogP contribution in [0.15, 0.2) is 36.5 Å². The van der Waals surface area contributed by atoms with Crippen molar-refractivity contribution in [2.24, 2.45) is 5.41 Å². The minimum absolute atomic E-state index is 0.0756. The van der Waals surface area contributed by atoms with Crippen LogP contribution in [0.25, 0.3) is 0 Å². The van der Waals surface area contributed by atoms with Crippen LogP contribution in [-0.2, 0) is 0 Å². The van der Waals surface area contributed by atoms with E-state index in [2.05, 4.69) is 53.3 Å². The molecule has 0 aliphatic heterocycles. The molecule has 1 atom stereocenters. The first-order valence-corrected chi connectivity index (χ1v) is 6.40. The summed E-state index contributed by atoms with van der Waals surface area (Å²) < 4.78 is -0.0756. The Hall–Kier alpha value is -0.430. The van der Waals surface area contributed by atoms with Crippen molar-refractivity contribution in [3.63, 3.8) is 0 Å². The predicted molar refractivity (Wildman–Crippen MR) is 79.2 cm³/mol. The molecule has 0 saturated heterocycles. The molecule has 0 spiro atoms. The highest BCUT2D eigenvalue weighted by atomic mass is 32.1. The van der Waals surface area contributed by atoms with Gasteiger partial charge in [-0.1, -0.05) is 58.6 Å². The maximum absolute atomic E-state index is 4.83. The van der Waals surface area contributed by atoms with Crippen LogP contribution in [0.3, 0.4) is 0 Å². The molecule has 0 aliphatic rings. The summed E-state index contributed by atoms with van der Waals surface area (Å²) in [4.78, 5) is 0. The third kappa shape index (κ3) is 6.22. The van der Waals surface area contributed by atoms with Gasteiger partial charge >= 0.3 is 0 Å². The molecule has 1 unspecified atom stereocenters. The summed E-state index contributed by atoms with van der Waals surface area (Å²) >= 11 is 4.83. The summed E-state index contributed by atoms with van der Waals surface area (Å²) in [6.07, 6.45) is 10.3. The molecule has 0 radical (unpaired) electrons.